The molecule has 1 aliphatic rings. The number of aliphatic hydroxyl groups is 1. The summed E-state index contributed by atoms with van der Waals surface area (Å²) in [7, 11) is 0. The number of benzene rings is 2. The van der Waals surface area contributed by atoms with Crippen molar-refractivity contribution in [3.63, 3.8) is 0 Å². The van der Waals surface area contributed by atoms with Crippen molar-refractivity contribution in [3.05, 3.63) is 131 Å². The molecule has 1 N–H and O–H groups in total. The van der Waals surface area contributed by atoms with Crippen molar-refractivity contribution in [2.24, 2.45) is 5.92 Å². The number of aromatic nitrogens is 5. The van der Waals surface area contributed by atoms with Crippen molar-refractivity contribution < 1.29 is 27.4 Å². The second-order valence-corrected chi connectivity index (χ2v) is 10.2. The Bertz CT molecular complexity index is 1790. The third-order valence-electron chi connectivity index (χ3n) is 7.07. The molecule has 3 atom stereocenters. The number of nitrogens with zero attached hydrogens (tertiary/aromatic N) is 6. The Morgan fingerprint density at radius 1 is 1.05 bits per heavy atom. The van der Waals surface area contributed by atoms with Gasteiger partial charge in [0.05, 0.1) is 30.9 Å². The van der Waals surface area contributed by atoms with E-state index in [9.17, 15) is 13.9 Å². The van der Waals surface area contributed by atoms with Crippen LogP contribution in [0, 0.1) is 40.7 Å². The third kappa shape index (κ3) is 6.42. The zero-order valence-corrected chi connectivity index (χ0v) is 23.2. The number of nitriles is 1. The molecule has 0 radical (unpaired) electrons. The number of rotatable bonds is 8. The molecule has 1 aliphatic carbocycles. The van der Waals surface area contributed by atoms with Crippen LogP contribution >= 0.6 is 0 Å². The molecule has 2 heterocycles. The Kier molecular flexibility index (Phi) is 8.67. The summed E-state index contributed by atoms with van der Waals surface area (Å²) in [6.45, 7) is 1.41. The van der Waals surface area contributed by atoms with Crippen LogP contribution in [0.1, 0.15) is 34.9 Å². The molecule has 4 aromatic rings. The highest BCUT2D eigenvalue weighted by atomic mass is 19.3. The number of halogens is 4. The van der Waals surface area contributed by atoms with Gasteiger partial charge < -0.3 is 9.84 Å². The molecule has 44 heavy (non-hydrogen) atoms. The van der Waals surface area contributed by atoms with E-state index in [1.165, 1.54) is 6.07 Å². The molecule has 0 spiro atoms. The molecule has 0 bridgehead atoms. The van der Waals surface area contributed by atoms with E-state index < -0.39 is 41.0 Å². The predicted molar refractivity (Wildman–Crippen MR) is 149 cm³/mol. The predicted octanol–water partition coefficient (Wildman–Crippen LogP) is 4.97. The summed E-state index contributed by atoms with van der Waals surface area (Å²) in [5.74, 6) is -0.661. The van der Waals surface area contributed by atoms with Crippen LogP contribution in [-0.4, -0.2) is 36.4 Å². The maximum absolute atomic E-state index is 15.9. The second-order valence-electron chi connectivity index (χ2n) is 10.2. The van der Waals surface area contributed by atoms with Gasteiger partial charge in [-0.2, -0.15) is 14.0 Å². The summed E-state index contributed by atoms with van der Waals surface area (Å²) in [4.78, 5) is 3.83. The largest absolute Gasteiger partial charge is 0.377 e. The molecule has 12 heteroatoms. The lowest BCUT2D eigenvalue weighted by Gasteiger charge is -2.35. The number of allylic oxidation sites excluding steroid dienone is 2. The summed E-state index contributed by atoms with van der Waals surface area (Å²) in [6, 6.07) is 13.4. The zero-order valence-electron chi connectivity index (χ0n) is 23.2. The van der Waals surface area contributed by atoms with Gasteiger partial charge in [-0.05, 0) is 58.5 Å². The number of alkyl halides is 2. The molecule has 8 nitrogen and oxygen atoms in total. The zero-order chi connectivity index (χ0) is 31.3. The highest BCUT2D eigenvalue weighted by molar-refractivity contribution is 5.47. The fraction of sp³-hybridized carbons (Fsp3) is 0.219. The number of ether oxygens (including phenoxy) is 1. The lowest BCUT2D eigenvalue weighted by molar-refractivity contribution is -0.207. The Morgan fingerprint density at radius 3 is 2.45 bits per heavy atom. The first-order valence-corrected chi connectivity index (χ1v) is 13.3. The molecule has 222 valence electrons. The highest BCUT2D eigenvalue weighted by Crippen LogP contribution is 2.46. The van der Waals surface area contributed by atoms with Gasteiger partial charge in [0.2, 0.25) is 0 Å². The van der Waals surface area contributed by atoms with Gasteiger partial charge in [-0.25, -0.2) is 13.5 Å². The first-order chi connectivity index (χ1) is 21.1. The van der Waals surface area contributed by atoms with Crippen molar-refractivity contribution in [1.82, 2.24) is 25.2 Å². The fourth-order valence-corrected chi connectivity index (χ4v) is 4.64. The molecular weight excluding hydrogens is 576 g/mol. The van der Waals surface area contributed by atoms with E-state index in [-0.39, 0.29) is 12.0 Å². The Morgan fingerprint density at radius 2 is 1.82 bits per heavy atom. The van der Waals surface area contributed by atoms with Crippen LogP contribution in [0.4, 0.5) is 17.6 Å². The van der Waals surface area contributed by atoms with Crippen LogP contribution in [-0.2, 0) is 29.4 Å². The van der Waals surface area contributed by atoms with E-state index in [4.69, 9.17) is 10.00 Å². The lowest BCUT2D eigenvalue weighted by atomic mass is 9.84. The van der Waals surface area contributed by atoms with E-state index in [0.29, 0.717) is 29.4 Å². The average Bonchev–Trinajstić information content (AvgIpc) is 3.52. The van der Waals surface area contributed by atoms with Gasteiger partial charge in [0.25, 0.3) is 0 Å². The number of hydrogen-bond donors (Lipinski definition) is 1. The molecule has 3 unspecified atom stereocenters. The first kappa shape index (κ1) is 30.3. The van der Waals surface area contributed by atoms with Crippen LogP contribution in [0.5, 0.6) is 0 Å². The minimum Gasteiger partial charge on any atom is -0.377 e. The standard InChI is InChI=1S/C32H24F4N6O2/c1-21-14-22(8-12-29(21)44-18-25-6-3-23(16-37)4-7-25)2-5-24-9-13-30(38-17-24)32(35,36)31(43,19-42-20-39-40-41-42)27-11-10-26(33)15-28(27)34/h3-4,6-15,17,20-21,29,43H,18-19H2,1H3. The molecule has 0 saturated carbocycles. The van der Waals surface area contributed by atoms with Gasteiger partial charge in [-0.3, -0.25) is 4.98 Å². The molecule has 0 saturated heterocycles. The van der Waals surface area contributed by atoms with Crippen molar-refractivity contribution in [1.29, 1.82) is 5.26 Å². The Labute approximate surface area is 249 Å². The summed E-state index contributed by atoms with van der Waals surface area (Å²) >= 11 is 0. The third-order valence-corrected chi connectivity index (χ3v) is 7.07. The van der Waals surface area contributed by atoms with Gasteiger partial charge >= 0.3 is 5.92 Å². The molecule has 0 aliphatic heterocycles. The average molecular weight is 601 g/mol. The van der Waals surface area contributed by atoms with Crippen molar-refractivity contribution in [2.75, 3.05) is 0 Å². The number of pyridine rings is 1. The van der Waals surface area contributed by atoms with Gasteiger partial charge in [0.15, 0.2) is 5.60 Å². The Balaban J connectivity index is 1.30. The highest BCUT2D eigenvalue weighted by Gasteiger charge is 2.58. The molecular formula is C32H24F4N6O2. The maximum Gasteiger partial charge on any atom is 0.323 e. The van der Waals surface area contributed by atoms with Gasteiger partial charge in [0.1, 0.15) is 23.7 Å². The summed E-state index contributed by atoms with van der Waals surface area (Å²) in [6.07, 6.45) is 7.55. The van der Waals surface area contributed by atoms with E-state index in [1.54, 1.807) is 12.1 Å². The summed E-state index contributed by atoms with van der Waals surface area (Å²) in [5, 5.41) is 30.4. The molecule has 5 rings (SSSR count). The van der Waals surface area contributed by atoms with E-state index >= 15 is 8.78 Å². The molecule has 2 aromatic carbocycles. The van der Waals surface area contributed by atoms with Gasteiger partial charge in [-0.15, -0.1) is 5.10 Å². The van der Waals surface area contributed by atoms with Crippen LogP contribution in [0.15, 0.2) is 90.9 Å². The van der Waals surface area contributed by atoms with Gasteiger partial charge in [-0.1, -0.05) is 43.0 Å². The summed E-state index contributed by atoms with van der Waals surface area (Å²) < 4.78 is 66.9. The Hall–Kier alpha value is -5.17. The normalized spacial score (nSPS) is 17.6. The maximum atomic E-state index is 15.9. The van der Waals surface area contributed by atoms with Gasteiger partial charge in [0, 0.05) is 34.9 Å². The van der Waals surface area contributed by atoms with E-state index in [0.717, 1.165) is 41.0 Å². The lowest BCUT2D eigenvalue weighted by Crippen LogP contribution is -2.48. The smallest absolute Gasteiger partial charge is 0.323 e. The van der Waals surface area contributed by atoms with Crippen LogP contribution < -0.4 is 0 Å². The molecule has 2 aromatic heterocycles. The van der Waals surface area contributed by atoms with Crippen molar-refractivity contribution >= 4 is 0 Å². The van der Waals surface area contributed by atoms with E-state index in [2.05, 4.69) is 38.4 Å². The van der Waals surface area contributed by atoms with Crippen LogP contribution in [0.25, 0.3) is 0 Å². The number of tetrazole rings is 1. The first-order valence-electron chi connectivity index (χ1n) is 13.3. The summed E-state index contributed by atoms with van der Waals surface area (Å²) in [5.41, 5.74) is -2.41. The van der Waals surface area contributed by atoms with Crippen molar-refractivity contribution in [2.45, 2.75) is 37.7 Å². The minimum absolute atomic E-state index is 0.00611. The molecule has 0 amide bonds. The number of hydrogen-bond acceptors (Lipinski definition) is 7. The van der Waals surface area contributed by atoms with Crippen LogP contribution in [0.3, 0.4) is 0 Å². The SMILES string of the molecule is CC1C=C(C#Cc2ccc(C(F)(F)C(O)(Cn3cnnn3)c3ccc(F)cc3F)nc2)C=CC1OCc1ccc(C#N)cc1. The monoisotopic (exact) mass is 600 g/mol. The van der Waals surface area contributed by atoms with Crippen LogP contribution in [0.2, 0.25) is 0 Å². The topological polar surface area (TPSA) is 110 Å². The van der Waals surface area contributed by atoms with E-state index in [1.807, 2.05) is 37.3 Å². The minimum atomic E-state index is -4.17. The van der Waals surface area contributed by atoms with Crippen molar-refractivity contribution in [3.8, 4) is 17.9 Å². The quantitative estimate of drug-likeness (QED) is 0.225. The molecule has 0 fully saturated rings. The second kappa shape index (κ2) is 12.6. The fourth-order valence-electron chi connectivity index (χ4n) is 4.64.